The lowest BCUT2D eigenvalue weighted by atomic mass is 9.99. The number of aryl methyl sites for hydroxylation is 1. The second-order valence-corrected chi connectivity index (χ2v) is 10.5. The first kappa shape index (κ1) is 21.4. The fourth-order valence-corrected chi connectivity index (χ4v) is 6.51. The van der Waals surface area contributed by atoms with Crippen molar-refractivity contribution in [3.63, 3.8) is 0 Å². The molecule has 0 spiro atoms. The highest BCUT2D eigenvalue weighted by Crippen LogP contribution is 2.30. The van der Waals surface area contributed by atoms with Crippen LogP contribution in [0.15, 0.2) is 70.3 Å². The zero-order valence-corrected chi connectivity index (χ0v) is 18.6. The Balaban J connectivity index is 1.61. The number of thiophene rings is 1. The molecule has 4 rings (SSSR count). The van der Waals surface area contributed by atoms with Crippen LogP contribution in [0.2, 0.25) is 0 Å². The Hall–Kier alpha value is -2.81. The van der Waals surface area contributed by atoms with Gasteiger partial charge in [-0.2, -0.15) is 4.31 Å². The summed E-state index contributed by atoms with van der Waals surface area (Å²) in [7, 11) is -3.73. The van der Waals surface area contributed by atoms with Gasteiger partial charge in [-0.05, 0) is 43.3 Å². The molecule has 1 saturated heterocycles. The average molecular weight is 455 g/mol. The Kier molecular flexibility index (Phi) is 6.04. The largest absolute Gasteiger partial charge is 0.324 e. The first-order valence-electron chi connectivity index (χ1n) is 9.94. The Labute approximate surface area is 185 Å². The normalized spacial score (nSPS) is 16.9. The molecule has 3 aromatic rings. The van der Waals surface area contributed by atoms with E-state index in [4.69, 9.17) is 0 Å². The Bertz CT molecular complexity index is 1210. The summed E-state index contributed by atoms with van der Waals surface area (Å²) in [6.07, 6.45) is 1.04. The van der Waals surface area contributed by atoms with E-state index < -0.39 is 22.0 Å². The molecule has 0 saturated carbocycles. The van der Waals surface area contributed by atoms with Crippen molar-refractivity contribution < 1.29 is 18.0 Å². The lowest BCUT2D eigenvalue weighted by Gasteiger charge is -2.23. The minimum absolute atomic E-state index is 0.200. The second kappa shape index (κ2) is 8.74. The number of ketones is 1. The van der Waals surface area contributed by atoms with Gasteiger partial charge in [-0.1, -0.05) is 48.0 Å². The predicted molar refractivity (Wildman–Crippen MR) is 121 cm³/mol. The van der Waals surface area contributed by atoms with Crippen molar-refractivity contribution in [1.82, 2.24) is 4.31 Å². The van der Waals surface area contributed by atoms with Crippen LogP contribution in [0.25, 0.3) is 0 Å². The maximum Gasteiger partial charge on any atom is 0.253 e. The van der Waals surface area contributed by atoms with Gasteiger partial charge in [-0.3, -0.25) is 9.59 Å². The fraction of sp³-hybridized carbons (Fsp3) is 0.217. The molecule has 6 nitrogen and oxygen atoms in total. The molecule has 1 atom stereocenters. The third-order valence-corrected chi connectivity index (χ3v) is 8.56. The molecular weight excluding hydrogens is 432 g/mol. The van der Waals surface area contributed by atoms with Crippen molar-refractivity contribution in [2.45, 2.75) is 30.0 Å². The smallest absolute Gasteiger partial charge is 0.253 e. The maximum absolute atomic E-state index is 13.1. The van der Waals surface area contributed by atoms with Crippen molar-refractivity contribution in [2.75, 3.05) is 11.9 Å². The Morgan fingerprint density at radius 1 is 1.06 bits per heavy atom. The zero-order valence-electron chi connectivity index (χ0n) is 16.9. The topological polar surface area (TPSA) is 83.6 Å². The van der Waals surface area contributed by atoms with Crippen LogP contribution >= 0.6 is 11.3 Å². The molecule has 0 radical (unpaired) electrons. The van der Waals surface area contributed by atoms with Crippen LogP contribution in [0, 0.1) is 6.92 Å². The van der Waals surface area contributed by atoms with Gasteiger partial charge in [0.15, 0.2) is 5.78 Å². The van der Waals surface area contributed by atoms with E-state index in [2.05, 4.69) is 5.32 Å². The maximum atomic E-state index is 13.1. The van der Waals surface area contributed by atoms with Crippen LogP contribution in [-0.4, -0.2) is 37.0 Å². The molecule has 1 amide bonds. The quantitative estimate of drug-likeness (QED) is 0.569. The number of hydrogen-bond acceptors (Lipinski definition) is 5. The summed E-state index contributed by atoms with van der Waals surface area (Å²) >= 11 is 1.13. The summed E-state index contributed by atoms with van der Waals surface area (Å²) in [5.74, 6) is -0.627. The van der Waals surface area contributed by atoms with Gasteiger partial charge in [0.25, 0.3) is 10.0 Å². The fourth-order valence-electron chi connectivity index (χ4n) is 3.73. The highest BCUT2D eigenvalue weighted by atomic mass is 32.2. The van der Waals surface area contributed by atoms with Gasteiger partial charge in [0.2, 0.25) is 5.91 Å². The van der Waals surface area contributed by atoms with Crippen LogP contribution in [0.3, 0.4) is 0 Å². The van der Waals surface area contributed by atoms with Crippen molar-refractivity contribution >= 4 is 38.7 Å². The van der Waals surface area contributed by atoms with E-state index in [1.54, 1.807) is 53.9 Å². The Morgan fingerprint density at radius 3 is 2.55 bits per heavy atom. The molecule has 1 N–H and O–H groups in total. The molecule has 8 heteroatoms. The van der Waals surface area contributed by atoms with Crippen LogP contribution < -0.4 is 5.32 Å². The molecule has 0 bridgehead atoms. The van der Waals surface area contributed by atoms with E-state index >= 15 is 0 Å². The molecule has 1 aromatic heterocycles. The molecular formula is C23H22N2O4S2. The molecule has 160 valence electrons. The summed E-state index contributed by atoms with van der Waals surface area (Å²) in [6, 6.07) is 16.5. The van der Waals surface area contributed by atoms with Gasteiger partial charge in [0.1, 0.15) is 10.3 Å². The van der Waals surface area contributed by atoms with Crippen molar-refractivity contribution in [3.05, 3.63) is 82.7 Å². The number of benzene rings is 2. The minimum Gasteiger partial charge on any atom is -0.324 e. The van der Waals surface area contributed by atoms with Crippen molar-refractivity contribution in [1.29, 1.82) is 0 Å². The van der Waals surface area contributed by atoms with Gasteiger partial charge in [-0.15, -0.1) is 11.3 Å². The number of sulfonamides is 1. The molecule has 2 heterocycles. The number of amides is 1. The molecule has 1 fully saturated rings. The summed E-state index contributed by atoms with van der Waals surface area (Å²) < 4.78 is 27.4. The van der Waals surface area contributed by atoms with Crippen molar-refractivity contribution in [2.24, 2.45) is 0 Å². The zero-order chi connectivity index (χ0) is 22.0. The molecule has 1 aliphatic heterocycles. The summed E-state index contributed by atoms with van der Waals surface area (Å²) in [5.41, 5.74) is 2.17. The number of carbonyl (C=O) groups excluding carboxylic acids is 2. The van der Waals surface area contributed by atoms with Crippen LogP contribution in [-0.2, 0) is 14.8 Å². The number of anilines is 1. The lowest BCUT2D eigenvalue weighted by molar-refractivity contribution is -0.119. The van der Waals surface area contributed by atoms with Gasteiger partial charge in [-0.25, -0.2) is 8.42 Å². The molecule has 0 aliphatic carbocycles. The monoisotopic (exact) mass is 454 g/mol. The summed E-state index contributed by atoms with van der Waals surface area (Å²) in [6.45, 7) is 2.17. The third-order valence-electron chi connectivity index (χ3n) is 5.28. The number of hydrogen-bond donors (Lipinski definition) is 1. The standard InChI is InChI=1S/C23H22N2O4S2/c1-16-11-12-19(18(15-16)22(26)17-7-3-2-4-8-17)24-23(27)20-9-5-13-25(20)31(28,29)21-10-6-14-30-21/h2-4,6-8,10-12,14-15,20H,5,9,13H2,1H3,(H,24,27). The van der Waals surface area contributed by atoms with Gasteiger partial charge >= 0.3 is 0 Å². The molecule has 1 aliphatic rings. The minimum atomic E-state index is -3.73. The van der Waals surface area contributed by atoms with Crippen molar-refractivity contribution in [3.8, 4) is 0 Å². The first-order valence-corrected chi connectivity index (χ1v) is 12.3. The third kappa shape index (κ3) is 4.32. The average Bonchev–Trinajstić information content (AvgIpc) is 3.48. The first-order chi connectivity index (χ1) is 14.9. The van der Waals surface area contributed by atoms with E-state index in [0.717, 1.165) is 16.9 Å². The highest BCUT2D eigenvalue weighted by molar-refractivity contribution is 7.91. The number of carbonyl (C=O) groups is 2. The van der Waals surface area contributed by atoms with E-state index in [0.29, 0.717) is 36.2 Å². The summed E-state index contributed by atoms with van der Waals surface area (Å²) in [5, 5.41) is 4.52. The van der Waals surface area contributed by atoms with E-state index in [1.165, 1.54) is 4.31 Å². The van der Waals surface area contributed by atoms with Crippen LogP contribution in [0.4, 0.5) is 5.69 Å². The van der Waals surface area contributed by atoms with E-state index in [1.807, 2.05) is 19.1 Å². The van der Waals surface area contributed by atoms with Crippen LogP contribution in [0.5, 0.6) is 0 Å². The van der Waals surface area contributed by atoms with E-state index in [-0.39, 0.29) is 9.99 Å². The lowest BCUT2D eigenvalue weighted by Crippen LogP contribution is -2.43. The molecule has 2 aromatic carbocycles. The molecule has 31 heavy (non-hydrogen) atoms. The number of nitrogens with zero attached hydrogens (tertiary/aromatic N) is 1. The van der Waals surface area contributed by atoms with Crippen LogP contribution in [0.1, 0.15) is 34.3 Å². The Morgan fingerprint density at radius 2 is 1.84 bits per heavy atom. The van der Waals surface area contributed by atoms with Gasteiger partial charge in [0, 0.05) is 17.7 Å². The van der Waals surface area contributed by atoms with E-state index in [9.17, 15) is 18.0 Å². The highest BCUT2D eigenvalue weighted by Gasteiger charge is 2.40. The summed E-state index contributed by atoms with van der Waals surface area (Å²) in [4.78, 5) is 26.2. The predicted octanol–water partition coefficient (Wildman–Crippen LogP) is 4.08. The van der Waals surface area contributed by atoms with Gasteiger partial charge < -0.3 is 5.32 Å². The molecule has 1 unspecified atom stereocenters. The number of rotatable bonds is 6. The second-order valence-electron chi connectivity index (χ2n) is 7.44. The SMILES string of the molecule is Cc1ccc(NC(=O)C2CCCN2S(=O)(=O)c2cccs2)c(C(=O)c2ccccc2)c1. The van der Waals surface area contributed by atoms with Gasteiger partial charge in [0.05, 0.1) is 5.69 Å². The number of nitrogens with one attached hydrogen (secondary N) is 1.